The highest BCUT2D eigenvalue weighted by Crippen LogP contribution is 2.45. The predicted octanol–water partition coefficient (Wildman–Crippen LogP) is 6.04. The number of benzene rings is 2. The number of carbonyl (C=O) groups excluding carboxylic acids is 1. The van der Waals surface area contributed by atoms with E-state index in [0.717, 1.165) is 70.2 Å². The van der Waals surface area contributed by atoms with Crippen molar-refractivity contribution in [3.05, 3.63) is 58.6 Å². The van der Waals surface area contributed by atoms with Gasteiger partial charge in [-0.2, -0.15) is 10.2 Å². The van der Waals surface area contributed by atoms with E-state index in [0.29, 0.717) is 35.7 Å². The van der Waals surface area contributed by atoms with E-state index in [9.17, 15) is 4.79 Å². The number of hydrogen-bond acceptors (Lipinski definition) is 7. The topological polar surface area (TPSA) is 95.4 Å². The number of likely N-dealkylation sites (tertiary alicyclic amines) is 1. The number of hydrogen-bond donors (Lipinski definition) is 1. The molecule has 2 fully saturated rings. The number of amides is 1. The number of aromatic nitrogens is 5. The second kappa shape index (κ2) is 11.9. The van der Waals surface area contributed by atoms with Crippen LogP contribution in [-0.2, 0) is 9.53 Å². The minimum atomic E-state index is -0.459. The van der Waals surface area contributed by atoms with E-state index in [1.54, 1.807) is 25.5 Å². The minimum absolute atomic E-state index is 0.0208. The van der Waals surface area contributed by atoms with Crippen LogP contribution in [0.25, 0.3) is 43.8 Å². The molecule has 2 aromatic carbocycles. The van der Waals surface area contributed by atoms with Gasteiger partial charge in [0.1, 0.15) is 11.3 Å². The third kappa shape index (κ3) is 5.15. The molecule has 0 saturated carbocycles. The number of aryl methyl sites for hydroxylation is 1. The van der Waals surface area contributed by atoms with Gasteiger partial charge < -0.3 is 19.4 Å². The quantitative estimate of drug-likeness (QED) is 0.213. The maximum atomic E-state index is 17.2. The van der Waals surface area contributed by atoms with Crippen LogP contribution in [0, 0.1) is 19.7 Å². The summed E-state index contributed by atoms with van der Waals surface area (Å²) in [6, 6.07) is 3.89. The number of pyridine rings is 1. The molecule has 47 heavy (non-hydrogen) atoms. The molecular formula is C35H40ClFN8O2. The first kappa shape index (κ1) is 31.5. The maximum absolute atomic E-state index is 17.2. The third-order valence-electron chi connectivity index (χ3n) is 10.3. The van der Waals surface area contributed by atoms with Gasteiger partial charge in [0.15, 0.2) is 5.82 Å². The standard InChI is InChI=1S/C35H40ClFN8O2/c1-20-14-27-24(16-38-41-27)29(21(20)2)30-26(36)15-23-32(31(30)37)40-34(44-18-35(3,19-44)42(4)5)25-17-39-45(33(23)25)22-9-11-43(12-10-22)28(46)8-7-13-47-6/h7-8,14-17,22H,9-13,18-19H2,1-6H3,(H,38,41)/b8-7+. The van der Waals surface area contributed by atoms with Crippen LogP contribution in [0.2, 0.25) is 5.02 Å². The highest BCUT2D eigenvalue weighted by atomic mass is 35.5. The van der Waals surface area contributed by atoms with Crippen molar-refractivity contribution in [2.24, 2.45) is 0 Å². The van der Waals surface area contributed by atoms with Crippen LogP contribution in [0.15, 0.2) is 36.7 Å². The molecule has 1 N–H and O–H groups in total. The van der Waals surface area contributed by atoms with E-state index in [4.69, 9.17) is 26.4 Å². The van der Waals surface area contributed by atoms with E-state index in [1.165, 1.54) is 0 Å². The highest BCUT2D eigenvalue weighted by molar-refractivity contribution is 6.35. The summed E-state index contributed by atoms with van der Waals surface area (Å²) in [5.41, 5.74) is 4.87. The van der Waals surface area contributed by atoms with Crippen LogP contribution < -0.4 is 4.90 Å². The molecule has 2 aliphatic heterocycles. The Hall–Kier alpha value is -4.06. The second-order valence-corrected chi connectivity index (χ2v) is 13.8. The average Bonchev–Trinajstić information content (AvgIpc) is 3.69. The minimum Gasteiger partial charge on any atom is -0.381 e. The number of piperidine rings is 1. The molecule has 10 nitrogen and oxygen atoms in total. The lowest BCUT2D eigenvalue weighted by Crippen LogP contribution is -2.67. The molecule has 246 valence electrons. The molecule has 5 aromatic rings. The van der Waals surface area contributed by atoms with Gasteiger partial charge in [0.25, 0.3) is 0 Å². The number of H-pyrrole nitrogens is 1. The van der Waals surface area contributed by atoms with Gasteiger partial charge in [0.2, 0.25) is 5.91 Å². The first-order valence-electron chi connectivity index (χ1n) is 16.0. The summed E-state index contributed by atoms with van der Waals surface area (Å²) >= 11 is 7.06. The summed E-state index contributed by atoms with van der Waals surface area (Å²) in [5.74, 6) is 0.235. The lowest BCUT2D eigenvalue weighted by Gasteiger charge is -2.52. The number of fused-ring (bicyclic) bond motifs is 4. The van der Waals surface area contributed by atoms with Crippen LogP contribution in [-0.4, -0.2) is 100 Å². The van der Waals surface area contributed by atoms with Gasteiger partial charge in [-0.15, -0.1) is 0 Å². The van der Waals surface area contributed by atoms with Gasteiger partial charge in [-0.25, -0.2) is 9.37 Å². The molecule has 5 heterocycles. The van der Waals surface area contributed by atoms with E-state index in [1.807, 2.05) is 41.8 Å². The number of rotatable bonds is 7. The van der Waals surface area contributed by atoms with Crippen molar-refractivity contribution < 1.29 is 13.9 Å². The van der Waals surface area contributed by atoms with Crippen molar-refractivity contribution in [2.75, 3.05) is 58.9 Å². The largest absolute Gasteiger partial charge is 0.381 e. The zero-order valence-electron chi connectivity index (χ0n) is 27.7. The molecule has 0 radical (unpaired) electrons. The molecule has 0 spiro atoms. The molecule has 3 aromatic heterocycles. The van der Waals surface area contributed by atoms with Crippen LogP contribution >= 0.6 is 11.6 Å². The van der Waals surface area contributed by atoms with E-state index >= 15 is 4.39 Å². The normalized spacial score (nSPS) is 17.2. The Balaban J connectivity index is 1.38. The van der Waals surface area contributed by atoms with Crippen molar-refractivity contribution in [3.63, 3.8) is 0 Å². The zero-order valence-corrected chi connectivity index (χ0v) is 28.5. The summed E-state index contributed by atoms with van der Waals surface area (Å²) in [7, 11) is 5.76. The molecule has 12 heteroatoms. The van der Waals surface area contributed by atoms with Crippen LogP contribution in [0.3, 0.4) is 0 Å². The zero-order chi connectivity index (χ0) is 33.2. The summed E-state index contributed by atoms with van der Waals surface area (Å²) in [5, 5.41) is 14.8. The van der Waals surface area contributed by atoms with Crippen LogP contribution in [0.5, 0.6) is 0 Å². The molecule has 0 atom stereocenters. The lowest BCUT2D eigenvalue weighted by molar-refractivity contribution is -0.127. The molecule has 0 aliphatic carbocycles. The molecule has 2 aliphatic rings. The fourth-order valence-electron chi connectivity index (χ4n) is 7.15. The third-order valence-corrected chi connectivity index (χ3v) is 10.6. The lowest BCUT2D eigenvalue weighted by atomic mass is 9.90. The number of ether oxygens (including phenoxy) is 1. The monoisotopic (exact) mass is 658 g/mol. The Labute approximate surface area is 278 Å². The van der Waals surface area contributed by atoms with E-state index in [2.05, 4.69) is 41.0 Å². The average molecular weight is 659 g/mol. The van der Waals surface area contributed by atoms with Crippen LogP contribution in [0.1, 0.15) is 36.9 Å². The summed E-state index contributed by atoms with van der Waals surface area (Å²) in [6.07, 6.45) is 8.32. The SMILES string of the molecule is COC/C=C/C(=O)N1CCC(n2ncc3c(N4CC(C)(N(C)C)C4)nc4c(F)c(-c5c(C)c(C)cc6[nH]ncc56)c(Cl)cc4c32)CC1. The van der Waals surface area contributed by atoms with Crippen molar-refractivity contribution in [1.29, 1.82) is 0 Å². The second-order valence-electron chi connectivity index (χ2n) is 13.4. The van der Waals surface area contributed by atoms with Crippen molar-refractivity contribution in [1.82, 2.24) is 34.8 Å². The number of nitrogens with one attached hydrogen (secondary N) is 1. The van der Waals surface area contributed by atoms with Crippen molar-refractivity contribution in [3.8, 4) is 11.1 Å². The number of halogens is 2. The van der Waals surface area contributed by atoms with Gasteiger partial charge in [0, 0.05) is 61.3 Å². The Morgan fingerprint density at radius 1 is 1.15 bits per heavy atom. The molecule has 2 saturated heterocycles. The summed E-state index contributed by atoms with van der Waals surface area (Å²) in [6.45, 7) is 9.31. The van der Waals surface area contributed by atoms with Gasteiger partial charge in [-0.3, -0.25) is 14.6 Å². The fraction of sp³-hybridized carbons (Fsp3) is 0.429. The van der Waals surface area contributed by atoms with Gasteiger partial charge >= 0.3 is 0 Å². The predicted molar refractivity (Wildman–Crippen MR) is 185 cm³/mol. The fourth-order valence-corrected chi connectivity index (χ4v) is 7.43. The molecular weight excluding hydrogens is 619 g/mol. The first-order chi connectivity index (χ1) is 22.5. The number of nitrogens with zero attached hydrogens (tertiary/aromatic N) is 7. The van der Waals surface area contributed by atoms with Crippen molar-refractivity contribution >= 4 is 56.0 Å². The van der Waals surface area contributed by atoms with Crippen LogP contribution in [0.4, 0.5) is 10.2 Å². The van der Waals surface area contributed by atoms with E-state index in [-0.39, 0.29) is 23.0 Å². The molecule has 1 amide bonds. The van der Waals surface area contributed by atoms with Gasteiger partial charge in [-0.1, -0.05) is 17.7 Å². The molecule has 0 unspecified atom stereocenters. The first-order valence-corrected chi connectivity index (χ1v) is 16.4. The molecule has 0 bridgehead atoms. The highest BCUT2D eigenvalue weighted by Gasteiger charge is 2.42. The Bertz CT molecular complexity index is 2050. The maximum Gasteiger partial charge on any atom is 0.246 e. The number of aromatic amines is 1. The summed E-state index contributed by atoms with van der Waals surface area (Å²) < 4.78 is 24.2. The smallest absolute Gasteiger partial charge is 0.246 e. The van der Waals surface area contributed by atoms with Gasteiger partial charge in [-0.05, 0) is 71.0 Å². The Morgan fingerprint density at radius 2 is 1.89 bits per heavy atom. The summed E-state index contributed by atoms with van der Waals surface area (Å²) in [4.78, 5) is 24.1. The number of carbonyl (C=O) groups is 1. The van der Waals surface area contributed by atoms with Gasteiger partial charge in [0.05, 0.1) is 52.0 Å². The Kier molecular flexibility index (Phi) is 7.97. The number of anilines is 1. The van der Waals surface area contributed by atoms with E-state index < -0.39 is 5.82 Å². The Morgan fingerprint density at radius 3 is 2.60 bits per heavy atom. The number of likely N-dealkylation sites (N-methyl/N-ethyl adjacent to an activating group) is 1. The van der Waals surface area contributed by atoms with Crippen molar-refractivity contribution in [2.45, 2.75) is 45.2 Å². The molecule has 7 rings (SSSR count). The number of methoxy groups -OCH3 is 1.